The van der Waals surface area contributed by atoms with Gasteiger partial charge in [0.2, 0.25) is 0 Å². The molecule has 104 valence electrons. The van der Waals surface area contributed by atoms with Crippen molar-refractivity contribution in [3.63, 3.8) is 0 Å². The number of imidazole rings is 1. The molecule has 2 rings (SSSR count). The zero-order chi connectivity index (χ0) is 14.5. The Balaban J connectivity index is 2.03. The van der Waals surface area contributed by atoms with E-state index < -0.39 is 16.4 Å². The summed E-state index contributed by atoms with van der Waals surface area (Å²) in [6.07, 6.45) is 4.59. The maximum Gasteiger partial charge on any atom is 0.286 e. The Kier molecular flexibility index (Phi) is 3.89. The van der Waals surface area contributed by atoms with Gasteiger partial charge in [0.05, 0.1) is 17.4 Å². The molecule has 0 saturated carbocycles. The summed E-state index contributed by atoms with van der Waals surface area (Å²) in [6, 6.07) is 0.949. The minimum absolute atomic E-state index is 0.281. The topological polar surface area (TPSA) is 134 Å². The van der Waals surface area contributed by atoms with Crippen molar-refractivity contribution < 1.29 is 9.72 Å². The Morgan fingerprint density at radius 1 is 1.45 bits per heavy atom. The predicted octanol–water partition coefficient (Wildman–Crippen LogP) is -0.0213. The summed E-state index contributed by atoms with van der Waals surface area (Å²) in [4.78, 5) is 42.0. The fourth-order valence-corrected chi connectivity index (χ4v) is 1.57. The van der Waals surface area contributed by atoms with Crippen molar-refractivity contribution in [2.24, 2.45) is 0 Å². The summed E-state index contributed by atoms with van der Waals surface area (Å²) < 4.78 is 0. The third-order valence-electron chi connectivity index (χ3n) is 2.58. The molecule has 0 fully saturated rings. The smallest absolute Gasteiger partial charge is 0.286 e. The monoisotopic (exact) mass is 277 g/mol. The van der Waals surface area contributed by atoms with Crippen LogP contribution < -0.4 is 10.9 Å². The number of carbonyl (C=O) groups is 1. The Hall–Kier alpha value is -2.97. The number of nitrogens with one attached hydrogen (secondary N) is 3. The number of rotatable bonds is 5. The molecule has 0 aliphatic carbocycles. The second-order valence-electron chi connectivity index (χ2n) is 3.94. The number of aromatic nitrogens is 3. The minimum atomic E-state index is -0.683. The normalized spacial score (nSPS) is 10.2. The third-order valence-corrected chi connectivity index (χ3v) is 2.58. The number of hydrogen-bond donors (Lipinski definition) is 3. The fourth-order valence-electron chi connectivity index (χ4n) is 1.57. The lowest BCUT2D eigenvalue weighted by Gasteiger charge is -2.03. The van der Waals surface area contributed by atoms with Gasteiger partial charge in [-0.25, -0.2) is 4.98 Å². The molecule has 0 aliphatic rings. The van der Waals surface area contributed by atoms with Crippen LogP contribution in [0.2, 0.25) is 0 Å². The number of pyridine rings is 1. The lowest BCUT2D eigenvalue weighted by Crippen LogP contribution is -2.31. The molecule has 0 radical (unpaired) electrons. The van der Waals surface area contributed by atoms with E-state index in [4.69, 9.17) is 0 Å². The van der Waals surface area contributed by atoms with Crippen LogP contribution in [0.1, 0.15) is 16.1 Å². The lowest BCUT2D eigenvalue weighted by atomic mass is 10.2. The summed E-state index contributed by atoms with van der Waals surface area (Å²) in [7, 11) is 0. The maximum atomic E-state index is 11.8. The van der Waals surface area contributed by atoms with Gasteiger partial charge in [-0.05, 0) is 0 Å². The Bertz CT molecular complexity index is 676. The van der Waals surface area contributed by atoms with E-state index in [1.807, 2.05) is 0 Å². The van der Waals surface area contributed by atoms with Gasteiger partial charge in [0.1, 0.15) is 5.56 Å². The molecular weight excluding hydrogens is 266 g/mol. The van der Waals surface area contributed by atoms with Crippen LogP contribution >= 0.6 is 0 Å². The van der Waals surface area contributed by atoms with Crippen molar-refractivity contribution in [3.05, 3.63) is 56.5 Å². The van der Waals surface area contributed by atoms with E-state index in [2.05, 4.69) is 20.3 Å². The highest BCUT2D eigenvalue weighted by Crippen LogP contribution is 2.07. The van der Waals surface area contributed by atoms with Crippen LogP contribution in [0.4, 0.5) is 5.69 Å². The van der Waals surface area contributed by atoms with Gasteiger partial charge < -0.3 is 15.3 Å². The molecule has 9 heteroatoms. The second kappa shape index (κ2) is 5.78. The van der Waals surface area contributed by atoms with E-state index in [-0.39, 0.29) is 17.8 Å². The first-order chi connectivity index (χ1) is 9.58. The largest absolute Gasteiger partial charge is 0.351 e. The average Bonchev–Trinajstić information content (AvgIpc) is 2.92. The molecular formula is C11H11N5O4. The van der Waals surface area contributed by atoms with Gasteiger partial charge in [-0.15, -0.1) is 0 Å². The highest BCUT2D eigenvalue weighted by molar-refractivity contribution is 5.94. The molecule has 2 aromatic rings. The number of amides is 1. The molecule has 0 unspecified atom stereocenters. The number of carbonyl (C=O) groups excluding carboxylic acids is 1. The number of nitrogens with zero attached hydrogens (tertiary/aromatic N) is 2. The van der Waals surface area contributed by atoms with Crippen LogP contribution in [0.3, 0.4) is 0 Å². The van der Waals surface area contributed by atoms with Crippen molar-refractivity contribution in [2.45, 2.75) is 6.42 Å². The summed E-state index contributed by atoms with van der Waals surface area (Å²) >= 11 is 0. The number of hydrogen-bond acceptors (Lipinski definition) is 5. The Morgan fingerprint density at radius 2 is 2.25 bits per heavy atom. The number of H-pyrrole nitrogens is 2. The van der Waals surface area contributed by atoms with Gasteiger partial charge >= 0.3 is 0 Å². The van der Waals surface area contributed by atoms with E-state index in [1.165, 1.54) is 6.33 Å². The van der Waals surface area contributed by atoms with E-state index >= 15 is 0 Å². The molecule has 0 atom stereocenters. The lowest BCUT2D eigenvalue weighted by molar-refractivity contribution is -0.385. The van der Waals surface area contributed by atoms with Crippen molar-refractivity contribution in [3.8, 4) is 0 Å². The van der Waals surface area contributed by atoms with Gasteiger partial charge in [0, 0.05) is 30.9 Å². The van der Waals surface area contributed by atoms with E-state index in [0.29, 0.717) is 6.42 Å². The Morgan fingerprint density at radius 3 is 2.90 bits per heavy atom. The molecule has 0 saturated heterocycles. The molecule has 0 bridgehead atoms. The Labute approximate surface area is 112 Å². The van der Waals surface area contributed by atoms with E-state index in [9.17, 15) is 19.7 Å². The molecule has 20 heavy (non-hydrogen) atoms. The molecule has 0 spiro atoms. The van der Waals surface area contributed by atoms with Crippen LogP contribution in [0.15, 0.2) is 29.6 Å². The predicted molar refractivity (Wildman–Crippen MR) is 68.3 cm³/mol. The summed E-state index contributed by atoms with van der Waals surface area (Å²) in [5, 5.41) is 13.1. The highest BCUT2D eigenvalue weighted by atomic mass is 16.6. The minimum Gasteiger partial charge on any atom is -0.351 e. The van der Waals surface area contributed by atoms with Crippen molar-refractivity contribution in [2.75, 3.05) is 6.54 Å². The summed E-state index contributed by atoms with van der Waals surface area (Å²) in [5.74, 6) is -0.658. The van der Waals surface area contributed by atoms with Gasteiger partial charge in [-0.2, -0.15) is 0 Å². The van der Waals surface area contributed by atoms with E-state index in [1.54, 1.807) is 6.20 Å². The zero-order valence-corrected chi connectivity index (χ0v) is 10.3. The first kappa shape index (κ1) is 13.5. The molecule has 0 aromatic carbocycles. The molecule has 3 N–H and O–H groups in total. The fraction of sp³-hybridized carbons (Fsp3) is 0.182. The van der Waals surface area contributed by atoms with Crippen LogP contribution in [0.25, 0.3) is 0 Å². The van der Waals surface area contributed by atoms with Gasteiger partial charge in [-0.3, -0.25) is 19.7 Å². The molecule has 9 nitrogen and oxygen atoms in total. The third kappa shape index (κ3) is 3.07. The molecule has 1 amide bonds. The summed E-state index contributed by atoms with van der Waals surface area (Å²) in [6.45, 7) is 0.281. The SMILES string of the molecule is O=C(NCCc1cnc[nH]1)c1cc([N+](=O)[O-])c[nH]c1=O. The highest BCUT2D eigenvalue weighted by Gasteiger charge is 2.15. The number of aromatic amines is 2. The van der Waals surface area contributed by atoms with Crippen LogP contribution in [0, 0.1) is 10.1 Å². The van der Waals surface area contributed by atoms with Crippen LogP contribution in [-0.2, 0) is 6.42 Å². The second-order valence-corrected chi connectivity index (χ2v) is 3.94. The standard InChI is InChI=1S/C11H11N5O4/c17-10(13-2-1-7-4-12-6-15-7)9-3-8(16(19)20)5-14-11(9)18/h3-6H,1-2H2,(H,12,15)(H,13,17)(H,14,18). The van der Waals surface area contributed by atoms with Crippen molar-refractivity contribution in [1.82, 2.24) is 20.3 Å². The quantitative estimate of drug-likeness (QED) is 0.521. The zero-order valence-electron chi connectivity index (χ0n) is 10.3. The first-order valence-corrected chi connectivity index (χ1v) is 5.70. The average molecular weight is 277 g/mol. The molecule has 2 heterocycles. The first-order valence-electron chi connectivity index (χ1n) is 5.70. The molecule has 0 aliphatic heterocycles. The van der Waals surface area contributed by atoms with Gasteiger partial charge in [0.25, 0.3) is 17.2 Å². The molecule has 2 aromatic heterocycles. The van der Waals surface area contributed by atoms with Crippen molar-refractivity contribution >= 4 is 11.6 Å². The van der Waals surface area contributed by atoms with Gasteiger partial charge in [-0.1, -0.05) is 0 Å². The van der Waals surface area contributed by atoms with Gasteiger partial charge in [0.15, 0.2) is 0 Å². The van der Waals surface area contributed by atoms with Crippen LogP contribution in [0.5, 0.6) is 0 Å². The number of nitro groups is 1. The van der Waals surface area contributed by atoms with Crippen molar-refractivity contribution in [1.29, 1.82) is 0 Å². The van der Waals surface area contributed by atoms with Crippen LogP contribution in [-0.4, -0.2) is 32.3 Å². The summed E-state index contributed by atoms with van der Waals surface area (Å²) in [5.41, 5.74) is -0.472. The maximum absolute atomic E-state index is 11.8. The van der Waals surface area contributed by atoms with E-state index in [0.717, 1.165) is 18.0 Å².